The van der Waals surface area contributed by atoms with Crippen LogP contribution < -0.4 is 9.64 Å². The van der Waals surface area contributed by atoms with E-state index in [0.29, 0.717) is 50.1 Å². The number of hydrogen-bond acceptors (Lipinski definition) is 6. The largest absolute Gasteiger partial charge is 0.415 e. The van der Waals surface area contributed by atoms with Crippen LogP contribution in [-0.2, 0) is 11.3 Å². The third-order valence-electron chi connectivity index (χ3n) is 8.50. The van der Waals surface area contributed by atoms with Crippen LogP contribution in [-0.4, -0.2) is 64.8 Å². The number of pyridine rings is 1. The van der Waals surface area contributed by atoms with Crippen molar-refractivity contribution in [3.05, 3.63) is 88.1 Å². The summed E-state index contributed by atoms with van der Waals surface area (Å²) in [5.74, 6) is -0.541. The number of rotatable bonds is 4. The summed E-state index contributed by atoms with van der Waals surface area (Å²) in [7, 11) is 0. The zero-order valence-electron chi connectivity index (χ0n) is 22.9. The van der Waals surface area contributed by atoms with Crippen LogP contribution in [0.5, 0.6) is 5.75 Å². The number of carbonyl (C=O) groups is 3. The highest BCUT2D eigenvalue weighted by atomic mass is 35.5. The van der Waals surface area contributed by atoms with Gasteiger partial charge >= 0.3 is 6.09 Å². The van der Waals surface area contributed by atoms with Crippen molar-refractivity contribution < 1.29 is 27.9 Å². The van der Waals surface area contributed by atoms with Gasteiger partial charge in [0.05, 0.1) is 11.1 Å². The molecule has 3 aliphatic heterocycles. The molecule has 42 heavy (non-hydrogen) atoms. The number of halogens is 3. The fraction of sp³-hybridized carbons (Fsp3) is 0.355. The number of piperidine rings is 1. The Morgan fingerprint density at radius 3 is 2.40 bits per heavy atom. The van der Waals surface area contributed by atoms with Crippen LogP contribution in [0, 0.1) is 17.6 Å². The molecule has 2 atom stereocenters. The van der Waals surface area contributed by atoms with E-state index in [4.69, 9.17) is 16.3 Å². The first-order valence-electron chi connectivity index (χ1n) is 13.9. The summed E-state index contributed by atoms with van der Waals surface area (Å²) < 4.78 is 33.3. The van der Waals surface area contributed by atoms with Gasteiger partial charge in [0.25, 0.3) is 0 Å². The molecular formula is C31H29ClF2N4O4. The average Bonchev–Trinajstić information content (AvgIpc) is 3.44. The summed E-state index contributed by atoms with van der Waals surface area (Å²) in [6.07, 6.45) is 2.21. The maximum atomic E-state index is 14.4. The SMILES string of the molecule is CC(=O)c1ccc(N2CCC(C(=O)N3C[C@@H]4[C@@H](C3)c3cc(Cl)c(F)cc3CN4C(=O)Oc3ccc(F)cc3)CC2)nc1. The van der Waals surface area contributed by atoms with Crippen LogP contribution in [0.25, 0.3) is 0 Å². The fourth-order valence-corrected chi connectivity index (χ4v) is 6.40. The molecule has 1 aromatic heterocycles. The third-order valence-corrected chi connectivity index (χ3v) is 8.79. The minimum absolute atomic E-state index is 0.00284. The van der Waals surface area contributed by atoms with Crippen LogP contribution in [0.1, 0.15) is 47.2 Å². The zero-order chi connectivity index (χ0) is 29.5. The lowest BCUT2D eigenvalue weighted by Crippen LogP contribution is -2.48. The molecule has 4 heterocycles. The first-order valence-corrected chi connectivity index (χ1v) is 14.3. The first-order chi connectivity index (χ1) is 20.2. The molecule has 218 valence electrons. The number of anilines is 1. The first kappa shape index (κ1) is 28.1. The highest BCUT2D eigenvalue weighted by Gasteiger charge is 2.47. The van der Waals surface area contributed by atoms with E-state index in [1.807, 2.05) is 6.07 Å². The van der Waals surface area contributed by atoms with Gasteiger partial charge in [0.1, 0.15) is 23.2 Å². The summed E-state index contributed by atoms with van der Waals surface area (Å²) in [5.41, 5.74) is 1.99. The van der Waals surface area contributed by atoms with Gasteiger partial charge in [0.2, 0.25) is 5.91 Å². The van der Waals surface area contributed by atoms with Gasteiger partial charge in [-0.15, -0.1) is 0 Å². The van der Waals surface area contributed by atoms with E-state index in [1.54, 1.807) is 23.2 Å². The van der Waals surface area contributed by atoms with E-state index in [2.05, 4.69) is 9.88 Å². The van der Waals surface area contributed by atoms with E-state index >= 15 is 0 Å². The Kier molecular flexibility index (Phi) is 7.57. The second-order valence-corrected chi connectivity index (χ2v) is 11.5. The lowest BCUT2D eigenvalue weighted by atomic mass is 9.85. The summed E-state index contributed by atoms with van der Waals surface area (Å²) in [6, 6.07) is 11.3. The highest BCUT2D eigenvalue weighted by molar-refractivity contribution is 6.30. The quantitative estimate of drug-likeness (QED) is 0.374. The molecule has 6 rings (SSSR count). The van der Waals surface area contributed by atoms with Crippen molar-refractivity contribution in [2.24, 2.45) is 5.92 Å². The average molecular weight is 595 g/mol. The van der Waals surface area contributed by atoms with Gasteiger partial charge in [0.15, 0.2) is 5.78 Å². The maximum Gasteiger partial charge on any atom is 0.415 e. The molecule has 0 aliphatic carbocycles. The van der Waals surface area contributed by atoms with E-state index in [1.165, 1.54) is 42.2 Å². The number of carbonyl (C=O) groups excluding carboxylic acids is 3. The third kappa shape index (κ3) is 5.43. The summed E-state index contributed by atoms with van der Waals surface area (Å²) in [6.45, 7) is 3.58. The Bertz CT molecular complexity index is 1530. The van der Waals surface area contributed by atoms with Crippen molar-refractivity contribution in [3.8, 4) is 5.75 Å². The fourth-order valence-electron chi connectivity index (χ4n) is 6.23. The molecule has 0 radical (unpaired) electrons. The predicted molar refractivity (Wildman–Crippen MR) is 152 cm³/mol. The molecule has 2 amide bonds. The lowest BCUT2D eigenvalue weighted by Gasteiger charge is -2.37. The van der Waals surface area contributed by atoms with Crippen LogP contribution in [0.2, 0.25) is 5.02 Å². The number of likely N-dealkylation sites (tertiary alicyclic amines) is 1. The number of amides is 2. The molecule has 8 nitrogen and oxygen atoms in total. The minimum atomic E-state index is -0.650. The molecule has 0 unspecified atom stereocenters. The van der Waals surface area contributed by atoms with Crippen LogP contribution in [0.3, 0.4) is 0 Å². The maximum absolute atomic E-state index is 14.4. The summed E-state index contributed by atoms with van der Waals surface area (Å²) in [5, 5.41) is -0.00284. The molecular weight excluding hydrogens is 566 g/mol. The van der Waals surface area contributed by atoms with Gasteiger partial charge in [-0.25, -0.2) is 18.6 Å². The van der Waals surface area contributed by atoms with E-state index in [-0.39, 0.29) is 46.9 Å². The number of benzene rings is 2. The normalized spacial score (nSPS) is 20.2. The van der Waals surface area contributed by atoms with Crippen LogP contribution >= 0.6 is 11.6 Å². The second kappa shape index (κ2) is 11.3. The number of Topliss-reactive ketones (excluding diaryl/α,β-unsaturated/α-hetero) is 1. The number of ether oxygens (including phenoxy) is 1. The van der Waals surface area contributed by atoms with Gasteiger partial charge in [-0.05, 0) is 79.4 Å². The number of fused-ring (bicyclic) bond motifs is 3. The van der Waals surface area contributed by atoms with Gasteiger partial charge in [-0.2, -0.15) is 0 Å². The van der Waals surface area contributed by atoms with Gasteiger partial charge in [-0.1, -0.05) is 11.6 Å². The topological polar surface area (TPSA) is 83.1 Å². The molecule has 11 heteroatoms. The Morgan fingerprint density at radius 1 is 1.00 bits per heavy atom. The van der Waals surface area contributed by atoms with Crippen molar-refractivity contribution in [3.63, 3.8) is 0 Å². The van der Waals surface area contributed by atoms with Crippen molar-refractivity contribution in [2.45, 2.75) is 38.3 Å². The van der Waals surface area contributed by atoms with Gasteiger partial charge in [0, 0.05) is 56.3 Å². The Labute approximate surface area is 246 Å². The smallest absolute Gasteiger partial charge is 0.410 e. The van der Waals surface area contributed by atoms with Gasteiger partial charge < -0.3 is 14.5 Å². The zero-order valence-corrected chi connectivity index (χ0v) is 23.7. The van der Waals surface area contributed by atoms with Crippen LogP contribution in [0.4, 0.5) is 19.4 Å². The van der Waals surface area contributed by atoms with E-state index < -0.39 is 17.7 Å². The highest BCUT2D eigenvalue weighted by Crippen LogP contribution is 2.41. The number of aromatic nitrogens is 1. The molecule has 0 bridgehead atoms. The molecule has 0 N–H and O–H groups in total. The standard InChI is InChI=1S/C31H29ClF2N4O4/c1-18(39)20-2-7-29(35-14-20)36-10-8-19(9-11-36)30(40)37-16-25-24-13-26(32)27(34)12-21(24)15-38(28(25)17-37)31(41)42-23-5-3-22(33)4-6-23/h2-7,12-14,19,25,28H,8-11,15-17H2,1H3/t25-,28+/m0/s1. The Hall–Kier alpha value is -4.05. The Morgan fingerprint density at radius 2 is 1.74 bits per heavy atom. The predicted octanol–water partition coefficient (Wildman–Crippen LogP) is 5.44. The molecule has 0 spiro atoms. The monoisotopic (exact) mass is 594 g/mol. The molecule has 3 aromatic rings. The van der Waals surface area contributed by atoms with E-state index in [9.17, 15) is 23.2 Å². The molecule has 2 fully saturated rings. The van der Waals surface area contributed by atoms with E-state index in [0.717, 1.165) is 11.4 Å². The van der Waals surface area contributed by atoms with Crippen molar-refractivity contribution in [2.75, 3.05) is 31.1 Å². The summed E-state index contributed by atoms with van der Waals surface area (Å²) in [4.78, 5) is 48.5. The van der Waals surface area contributed by atoms with Gasteiger partial charge in [-0.3, -0.25) is 14.5 Å². The molecule has 2 saturated heterocycles. The van der Waals surface area contributed by atoms with Crippen molar-refractivity contribution >= 4 is 35.2 Å². The van der Waals surface area contributed by atoms with Crippen molar-refractivity contribution in [1.82, 2.24) is 14.8 Å². The molecule has 3 aliphatic rings. The lowest BCUT2D eigenvalue weighted by molar-refractivity contribution is -0.135. The molecule has 0 saturated carbocycles. The minimum Gasteiger partial charge on any atom is -0.410 e. The second-order valence-electron chi connectivity index (χ2n) is 11.1. The number of ketones is 1. The number of hydrogen-bond donors (Lipinski definition) is 0. The molecule has 2 aromatic carbocycles. The van der Waals surface area contributed by atoms with Crippen molar-refractivity contribution in [1.29, 1.82) is 0 Å². The summed E-state index contributed by atoms with van der Waals surface area (Å²) >= 11 is 6.15. The Balaban J connectivity index is 1.17. The number of nitrogens with zero attached hydrogens (tertiary/aromatic N) is 4. The van der Waals surface area contributed by atoms with Crippen LogP contribution in [0.15, 0.2) is 54.7 Å².